The molecule has 0 bridgehead atoms. The van der Waals surface area contributed by atoms with Gasteiger partial charge in [0.2, 0.25) is 0 Å². The Labute approximate surface area is 216 Å². The van der Waals surface area contributed by atoms with Gasteiger partial charge in [0.1, 0.15) is 0 Å². The number of nitrogens with zero attached hydrogens (tertiary/aromatic N) is 2. The van der Waals surface area contributed by atoms with Gasteiger partial charge in [-0.15, -0.1) is 0 Å². The fourth-order valence-electron chi connectivity index (χ4n) is 4.12. The minimum absolute atomic E-state index is 0. The average Bonchev–Trinajstić information content (AvgIpc) is 2.70. The predicted octanol–water partition coefficient (Wildman–Crippen LogP) is 2.06. The van der Waals surface area contributed by atoms with Crippen molar-refractivity contribution in [1.29, 1.82) is 0 Å². The molecule has 0 amide bonds. The second kappa shape index (κ2) is 26.9. The maximum absolute atomic E-state index is 2.29. The molecule has 0 spiro atoms. The molecule has 4 heteroatoms. The molecule has 0 aliphatic rings. The van der Waals surface area contributed by atoms with Crippen LogP contribution in [0.4, 0.5) is 0 Å². The number of hydrogen-bond donors (Lipinski definition) is 0. The second-order valence-corrected chi connectivity index (χ2v) is 10.2. The molecule has 2 nitrogen and oxygen atoms in total. The number of rotatable bonds is 19. The van der Waals surface area contributed by atoms with E-state index in [4.69, 9.17) is 0 Å². The van der Waals surface area contributed by atoms with E-state index in [-0.39, 0.29) is 29.4 Å². The summed E-state index contributed by atoms with van der Waals surface area (Å²) in [6, 6.07) is 0. The Morgan fingerprint density at radius 3 is 0.871 bits per heavy atom. The van der Waals surface area contributed by atoms with Gasteiger partial charge in [-0.2, -0.15) is 0 Å². The second-order valence-electron chi connectivity index (χ2n) is 10.2. The molecule has 0 atom stereocenters. The van der Waals surface area contributed by atoms with E-state index < -0.39 is 0 Å². The molecule has 0 saturated heterocycles. The molecule has 0 heterocycles. The lowest BCUT2D eigenvalue weighted by Crippen LogP contribution is -3.00. The Morgan fingerprint density at radius 1 is 0.419 bits per heavy atom. The lowest BCUT2D eigenvalue weighted by atomic mass is 10.0. The fourth-order valence-corrected chi connectivity index (χ4v) is 4.12. The van der Waals surface area contributed by atoms with Crippen LogP contribution in [-0.4, -0.2) is 62.8 Å². The molecule has 0 aromatic carbocycles. The Kier molecular flexibility index (Phi) is 33.8. The summed E-state index contributed by atoms with van der Waals surface area (Å²) in [6.45, 7) is 17.8. The molecular weight excluding hydrogens is 468 g/mol. The quantitative estimate of drug-likeness (QED) is 0.177. The highest BCUT2D eigenvalue weighted by Gasteiger charge is 2.16. The highest BCUT2D eigenvalue weighted by molar-refractivity contribution is 4.49. The van der Waals surface area contributed by atoms with Crippen LogP contribution in [-0.2, 0) is 0 Å². The molecule has 0 rings (SSSR count). The topological polar surface area (TPSA) is 0 Å². The van der Waals surface area contributed by atoms with Gasteiger partial charge in [0, 0.05) is 0 Å². The number of unbranched alkanes of at least 4 members (excludes halogenated alkanes) is 13. The first-order valence-corrected chi connectivity index (χ1v) is 13.5. The third-order valence-electron chi connectivity index (χ3n) is 6.87. The van der Waals surface area contributed by atoms with Gasteiger partial charge in [0.05, 0.1) is 53.9 Å². The molecule has 0 fully saturated rings. The summed E-state index contributed by atoms with van der Waals surface area (Å²) in [5.74, 6) is 0. The normalized spacial score (nSPS) is 11.2. The van der Waals surface area contributed by atoms with Gasteiger partial charge in [0.25, 0.3) is 0 Å². The first kappa shape index (κ1) is 38.9. The molecule has 31 heavy (non-hydrogen) atoms. The molecule has 0 radical (unpaired) electrons. The van der Waals surface area contributed by atoms with Gasteiger partial charge >= 0.3 is 0 Å². The van der Waals surface area contributed by atoms with Crippen molar-refractivity contribution in [2.75, 3.05) is 53.9 Å². The summed E-state index contributed by atoms with van der Waals surface area (Å²) in [4.78, 5) is 0. The first-order chi connectivity index (χ1) is 13.8. The van der Waals surface area contributed by atoms with Crippen molar-refractivity contribution < 1.29 is 38.4 Å². The van der Waals surface area contributed by atoms with Gasteiger partial charge in [-0.1, -0.05) is 84.0 Å². The number of quaternary nitrogens is 2. The summed E-state index contributed by atoms with van der Waals surface area (Å²) < 4.78 is 2.40. The third kappa shape index (κ3) is 28.7. The summed E-state index contributed by atoms with van der Waals surface area (Å²) in [6.07, 6.45) is 20.4. The summed E-state index contributed by atoms with van der Waals surface area (Å²) in [5, 5.41) is 0. The zero-order chi connectivity index (χ0) is 22.4. The van der Waals surface area contributed by atoms with E-state index in [1.54, 1.807) is 0 Å². The van der Waals surface area contributed by atoms with Gasteiger partial charge in [-0.3, -0.25) is 0 Å². The molecular formula is C27H62BrClN2. The largest absolute Gasteiger partial charge is 1.00 e. The summed E-state index contributed by atoms with van der Waals surface area (Å²) in [5.41, 5.74) is 0. The van der Waals surface area contributed by atoms with E-state index >= 15 is 0 Å². The van der Waals surface area contributed by atoms with Gasteiger partial charge in [-0.25, -0.2) is 0 Å². The maximum atomic E-state index is 2.29. The first-order valence-electron chi connectivity index (χ1n) is 13.5. The minimum Gasteiger partial charge on any atom is -1.00 e. The standard InChI is InChI=1S/C19H42N.C8H20N.BrH.ClH/c1-5-6-7-8-9-10-11-12-13-14-15-16-17-18-19-20(2,3)4;1-5-9(6-2,7-3)8-4;;/h5-19H2,1-4H3;5-8H2,1-4H3;2*1H/q2*+1;;/p-2. The van der Waals surface area contributed by atoms with E-state index in [0.29, 0.717) is 0 Å². The van der Waals surface area contributed by atoms with Crippen LogP contribution >= 0.6 is 0 Å². The van der Waals surface area contributed by atoms with Gasteiger partial charge in [0.15, 0.2) is 0 Å². The van der Waals surface area contributed by atoms with E-state index in [9.17, 15) is 0 Å². The van der Waals surface area contributed by atoms with Crippen molar-refractivity contribution in [2.24, 2.45) is 0 Å². The van der Waals surface area contributed by atoms with Crippen LogP contribution in [0.15, 0.2) is 0 Å². The fraction of sp³-hybridized carbons (Fsp3) is 1.00. The Balaban J connectivity index is -0.000000282. The van der Waals surface area contributed by atoms with Crippen LogP contribution in [0.2, 0.25) is 0 Å². The van der Waals surface area contributed by atoms with Crippen LogP contribution in [0, 0.1) is 0 Å². The monoisotopic (exact) mass is 528 g/mol. The van der Waals surface area contributed by atoms with Crippen molar-refractivity contribution >= 4 is 0 Å². The SMILES string of the molecule is CCCCCCCCCCCCCCCC[N+](C)(C)C.CC[N+](CC)(CC)CC.[Br-].[Cl-]. The maximum Gasteiger partial charge on any atom is 0.0780 e. The molecule has 0 aliphatic heterocycles. The van der Waals surface area contributed by atoms with Crippen LogP contribution in [0.5, 0.6) is 0 Å². The summed E-state index contributed by atoms with van der Waals surface area (Å²) in [7, 11) is 6.88. The van der Waals surface area contributed by atoms with Crippen molar-refractivity contribution in [3.63, 3.8) is 0 Å². The lowest BCUT2D eigenvalue weighted by molar-refractivity contribution is -0.921. The molecule has 0 aromatic rings. The van der Waals surface area contributed by atoms with Gasteiger partial charge < -0.3 is 38.4 Å². The van der Waals surface area contributed by atoms with E-state index in [1.807, 2.05) is 0 Å². The lowest BCUT2D eigenvalue weighted by Gasteiger charge is -2.34. The van der Waals surface area contributed by atoms with Crippen LogP contribution in [0.1, 0.15) is 125 Å². The highest BCUT2D eigenvalue weighted by atomic mass is 79.9. The van der Waals surface area contributed by atoms with Crippen molar-refractivity contribution in [1.82, 2.24) is 0 Å². The zero-order valence-corrected chi connectivity index (χ0v) is 25.4. The molecule has 0 unspecified atom stereocenters. The summed E-state index contributed by atoms with van der Waals surface area (Å²) >= 11 is 0. The number of hydrogen-bond acceptors (Lipinski definition) is 0. The van der Waals surface area contributed by atoms with E-state index in [2.05, 4.69) is 55.8 Å². The smallest absolute Gasteiger partial charge is 0.0780 e. The van der Waals surface area contributed by atoms with Crippen LogP contribution in [0.3, 0.4) is 0 Å². The van der Waals surface area contributed by atoms with Crippen LogP contribution in [0.25, 0.3) is 0 Å². The Hall–Kier alpha value is 0.690. The molecule has 0 N–H and O–H groups in total. The molecule has 194 valence electrons. The van der Waals surface area contributed by atoms with E-state index in [0.717, 1.165) is 4.48 Å². The third-order valence-corrected chi connectivity index (χ3v) is 6.87. The molecule has 0 aliphatic carbocycles. The molecule has 0 aromatic heterocycles. The van der Waals surface area contributed by atoms with Gasteiger partial charge in [-0.05, 0) is 40.5 Å². The van der Waals surface area contributed by atoms with Crippen molar-refractivity contribution in [2.45, 2.75) is 125 Å². The van der Waals surface area contributed by atoms with E-state index in [1.165, 1.54) is 127 Å². The predicted molar refractivity (Wildman–Crippen MR) is 136 cm³/mol. The minimum atomic E-state index is 0. The van der Waals surface area contributed by atoms with Crippen LogP contribution < -0.4 is 29.4 Å². The van der Waals surface area contributed by atoms with Crippen molar-refractivity contribution in [3.05, 3.63) is 0 Å². The Bertz CT molecular complexity index is 297. The Morgan fingerprint density at radius 2 is 0.677 bits per heavy atom. The number of halogens is 2. The average molecular weight is 530 g/mol. The molecule has 0 saturated carbocycles. The van der Waals surface area contributed by atoms with Crippen molar-refractivity contribution in [3.8, 4) is 0 Å². The zero-order valence-electron chi connectivity index (χ0n) is 23.1. The highest BCUT2D eigenvalue weighted by Crippen LogP contribution is 2.13.